The van der Waals surface area contributed by atoms with Crippen LogP contribution in [0.5, 0.6) is 0 Å². The molecule has 156 valence electrons. The van der Waals surface area contributed by atoms with Crippen molar-refractivity contribution < 1.29 is 14.3 Å². The van der Waals surface area contributed by atoms with Crippen molar-refractivity contribution in [2.75, 3.05) is 0 Å². The summed E-state index contributed by atoms with van der Waals surface area (Å²) in [5.41, 5.74) is 1.32. The average molecular weight is 416 g/mol. The number of nitrogens with one attached hydrogen (secondary N) is 2. The molecule has 29 heavy (non-hydrogen) atoms. The van der Waals surface area contributed by atoms with Gasteiger partial charge in [-0.3, -0.25) is 4.79 Å². The molecular formula is C22H29N3O3S. The average Bonchev–Trinajstić information content (AvgIpc) is 3.35. The quantitative estimate of drug-likeness (QED) is 0.469. The number of oxazole rings is 1. The van der Waals surface area contributed by atoms with Crippen LogP contribution in [-0.4, -0.2) is 34.1 Å². The van der Waals surface area contributed by atoms with E-state index < -0.39 is 12.1 Å². The Morgan fingerprint density at radius 3 is 2.69 bits per heavy atom. The topological polar surface area (TPSA) is 87.4 Å². The lowest BCUT2D eigenvalue weighted by Crippen LogP contribution is -2.52. The Morgan fingerprint density at radius 2 is 2.03 bits per heavy atom. The standard InChI is InChI=1S/C22H29N3O3S/c1-4-8-17(20(26)22-25-16-10-5-6-11-19(16)28-22)24-21(27)18(23-14(2)3)13-15-9-7-12-29-15/h5-7,9-12,14,17-18,20,23,26H,4,8,13H2,1-3H3,(H,24,27)/t17-,18?,20?/m0/s1. The number of hydrogen-bond donors (Lipinski definition) is 3. The fourth-order valence-corrected chi connectivity index (χ4v) is 4.10. The van der Waals surface area contributed by atoms with Crippen LogP contribution in [0.4, 0.5) is 0 Å². The number of benzene rings is 1. The zero-order valence-electron chi connectivity index (χ0n) is 17.1. The molecule has 0 aliphatic heterocycles. The molecule has 3 atom stereocenters. The molecule has 1 aromatic carbocycles. The Kier molecular flexibility index (Phi) is 7.41. The number of thiophene rings is 1. The number of hydrogen-bond acceptors (Lipinski definition) is 6. The highest BCUT2D eigenvalue weighted by atomic mass is 32.1. The maximum Gasteiger partial charge on any atom is 0.237 e. The highest BCUT2D eigenvalue weighted by molar-refractivity contribution is 7.09. The fraction of sp³-hybridized carbons (Fsp3) is 0.455. The lowest BCUT2D eigenvalue weighted by molar-refractivity contribution is -0.125. The van der Waals surface area contributed by atoms with Crippen LogP contribution < -0.4 is 10.6 Å². The van der Waals surface area contributed by atoms with E-state index in [1.807, 2.05) is 62.5 Å². The number of nitrogens with zero attached hydrogens (tertiary/aromatic N) is 1. The van der Waals surface area contributed by atoms with E-state index in [1.54, 1.807) is 11.3 Å². The van der Waals surface area contributed by atoms with Crippen molar-refractivity contribution in [1.82, 2.24) is 15.6 Å². The van der Waals surface area contributed by atoms with E-state index in [2.05, 4.69) is 15.6 Å². The maximum atomic E-state index is 13.1. The van der Waals surface area contributed by atoms with Gasteiger partial charge in [-0.1, -0.05) is 45.4 Å². The van der Waals surface area contributed by atoms with Gasteiger partial charge in [0, 0.05) is 17.3 Å². The van der Waals surface area contributed by atoms with Gasteiger partial charge in [0.25, 0.3) is 0 Å². The van der Waals surface area contributed by atoms with Crippen LogP contribution in [-0.2, 0) is 11.2 Å². The summed E-state index contributed by atoms with van der Waals surface area (Å²) in [4.78, 5) is 18.6. The molecule has 2 aromatic heterocycles. The number of carbonyl (C=O) groups is 1. The van der Waals surface area contributed by atoms with E-state index in [-0.39, 0.29) is 23.9 Å². The van der Waals surface area contributed by atoms with Crippen molar-refractivity contribution in [3.63, 3.8) is 0 Å². The van der Waals surface area contributed by atoms with Crippen molar-refractivity contribution in [2.45, 2.75) is 64.3 Å². The molecule has 0 saturated heterocycles. The Balaban J connectivity index is 1.75. The zero-order chi connectivity index (χ0) is 20.8. The number of aromatic nitrogens is 1. The van der Waals surface area contributed by atoms with Crippen LogP contribution in [0.25, 0.3) is 11.1 Å². The number of carbonyl (C=O) groups excluding carboxylic acids is 1. The Hall–Kier alpha value is -2.22. The van der Waals surface area contributed by atoms with Crippen molar-refractivity contribution >= 4 is 28.3 Å². The second kappa shape index (κ2) is 10.0. The molecule has 0 fully saturated rings. The van der Waals surface area contributed by atoms with Crippen molar-refractivity contribution in [1.29, 1.82) is 0 Å². The van der Waals surface area contributed by atoms with Crippen LogP contribution in [0.1, 0.15) is 50.5 Å². The summed E-state index contributed by atoms with van der Waals surface area (Å²) in [6, 6.07) is 10.7. The molecule has 0 saturated carbocycles. The van der Waals surface area contributed by atoms with Gasteiger partial charge in [-0.2, -0.15) is 0 Å². The number of aliphatic hydroxyl groups is 1. The normalized spacial score (nSPS) is 14.8. The van der Waals surface area contributed by atoms with Gasteiger partial charge in [-0.15, -0.1) is 11.3 Å². The van der Waals surface area contributed by atoms with Crippen molar-refractivity contribution in [2.24, 2.45) is 0 Å². The number of rotatable bonds is 10. The predicted octanol–water partition coefficient (Wildman–Crippen LogP) is 3.82. The molecular weight excluding hydrogens is 386 g/mol. The molecule has 0 bridgehead atoms. The molecule has 2 unspecified atom stereocenters. The highest BCUT2D eigenvalue weighted by Gasteiger charge is 2.29. The maximum absolute atomic E-state index is 13.1. The molecule has 0 spiro atoms. The molecule has 3 rings (SSSR count). The summed E-state index contributed by atoms with van der Waals surface area (Å²) >= 11 is 1.64. The Morgan fingerprint density at radius 1 is 1.24 bits per heavy atom. The van der Waals surface area contributed by atoms with Gasteiger partial charge in [-0.25, -0.2) is 4.98 Å². The summed E-state index contributed by atoms with van der Waals surface area (Å²) in [7, 11) is 0. The predicted molar refractivity (Wildman–Crippen MR) is 116 cm³/mol. The summed E-state index contributed by atoms with van der Waals surface area (Å²) in [6.07, 6.45) is 1.04. The van der Waals surface area contributed by atoms with Crippen LogP contribution in [0.3, 0.4) is 0 Å². The third kappa shape index (κ3) is 5.65. The van der Waals surface area contributed by atoms with Crippen molar-refractivity contribution in [3.8, 4) is 0 Å². The highest BCUT2D eigenvalue weighted by Crippen LogP contribution is 2.24. The SMILES string of the molecule is CCC[C@H](NC(=O)C(Cc1cccs1)NC(C)C)C(O)c1nc2ccccc2o1. The van der Waals surface area contributed by atoms with E-state index in [4.69, 9.17) is 4.42 Å². The first kappa shape index (κ1) is 21.5. The molecule has 0 aliphatic rings. The largest absolute Gasteiger partial charge is 0.438 e. The third-order valence-electron chi connectivity index (χ3n) is 4.71. The van der Waals surface area contributed by atoms with Gasteiger partial charge in [0.15, 0.2) is 11.7 Å². The molecule has 0 aliphatic carbocycles. The second-order valence-corrected chi connectivity index (χ2v) is 8.56. The molecule has 1 amide bonds. The minimum Gasteiger partial charge on any atom is -0.438 e. The van der Waals surface area contributed by atoms with Gasteiger partial charge >= 0.3 is 0 Å². The van der Waals surface area contributed by atoms with Crippen LogP contribution in [0, 0.1) is 0 Å². The summed E-state index contributed by atoms with van der Waals surface area (Å²) < 4.78 is 5.72. The number of aliphatic hydroxyl groups excluding tert-OH is 1. The Bertz CT molecular complexity index is 874. The van der Waals surface area contributed by atoms with E-state index in [1.165, 1.54) is 0 Å². The monoisotopic (exact) mass is 415 g/mol. The third-order valence-corrected chi connectivity index (χ3v) is 5.61. The summed E-state index contributed by atoms with van der Waals surface area (Å²) in [6.45, 7) is 6.06. The van der Waals surface area contributed by atoms with Crippen molar-refractivity contribution in [3.05, 3.63) is 52.5 Å². The number of para-hydroxylation sites is 2. The first-order valence-electron chi connectivity index (χ1n) is 10.1. The molecule has 6 nitrogen and oxygen atoms in total. The van der Waals surface area contributed by atoms with E-state index in [9.17, 15) is 9.90 Å². The van der Waals surface area contributed by atoms with E-state index in [0.29, 0.717) is 23.9 Å². The number of fused-ring (bicyclic) bond motifs is 1. The smallest absolute Gasteiger partial charge is 0.237 e. The fourth-order valence-electron chi connectivity index (χ4n) is 3.35. The van der Waals surface area contributed by atoms with Gasteiger partial charge in [0.05, 0.1) is 12.1 Å². The minimum absolute atomic E-state index is 0.124. The van der Waals surface area contributed by atoms with Crippen LogP contribution in [0.15, 0.2) is 46.2 Å². The zero-order valence-corrected chi connectivity index (χ0v) is 17.9. The molecule has 2 heterocycles. The number of amides is 1. The Labute approximate surface area is 175 Å². The molecule has 3 aromatic rings. The van der Waals surface area contributed by atoms with Gasteiger partial charge < -0.3 is 20.2 Å². The lowest BCUT2D eigenvalue weighted by atomic mass is 10.0. The second-order valence-electron chi connectivity index (χ2n) is 7.53. The minimum atomic E-state index is -1.01. The van der Waals surface area contributed by atoms with E-state index in [0.717, 1.165) is 11.3 Å². The molecule has 0 radical (unpaired) electrons. The first-order chi connectivity index (χ1) is 14.0. The first-order valence-corrected chi connectivity index (χ1v) is 11.0. The van der Waals surface area contributed by atoms with Crippen LogP contribution in [0.2, 0.25) is 0 Å². The molecule has 3 N–H and O–H groups in total. The lowest BCUT2D eigenvalue weighted by Gasteiger charge is -2.26. The van der Waals surface area contributed by atoms with Gasteiger partial charge in [-0.05, 0) is 30.0 Å². The summed E-state index contributed by atoms with van der Waals surface area (Å²) in [5.74, 6) is 0.109. The van der Waals surface area contributed by atoms with Gasteiger partial charge in [0.1, 0.15) is 5.52 Å². The molecule has 7 heteroatoms. The van der Waals surface area contributed by atoms with E-state index >= 15 is 0 Å². The van der Waals surface area contributed by atoms with Crippen LogP contribution >= 0.6 is 11.3 Å². The van der Waals surface area contributed by atoms with Gasteiger partial charge in [0.2, 0.25) is 11.8 Å². The summed E-state index contributed by atoms with van der Waals surface area (Å²) in [5, 5.41) is 19.3.